The van der Waals surface area contributed by atoms with Crippen LogP contribution in [0.3, 0.4) is 0 Å². The molecule has 0 saturated carbocycles. The lowest BCUT2D eigenvalue weighted by Crippen LogP contribution is -2.14. The summed E-state index contributed by atoms with van der Waals surface area (Å²) in [5.41, 5.74) is 5.58. The molecule has 7 nitrogen and oxygen atoms in total. The number of nitro benzene ring substituents is 1. The fraction of sp³-hybridized carbons (Fsp3) is 0.0714. The van der Waals surface area contributed by atoms with Crippen LogP contribution in [-0.2, 0) is 0 Å². The fourth-order valence-electron chi connectivity index (χ4n) is 1.85. The maximum atomic E-state index is 12.2. The lowest BCUT2D eigenvalue weighted by Gasteiger charge is -2.10. The van der Waals surface area contributed by atoms with Crippen molar-refractivity contribution in [1.29, 1.82) is 0 Å². The van der Waals surface area contributed by atoms with Gasteiger partial charge in [0.05, 0.1) is 28.3 Å². The molecule has 0 saturated heterocycles. The number of hydrogen-bond donors (Lipinski definition) is 2. The average Bonchev–Trinajstić information content (AvgIpc) is 2.48. The van der Waals surface area contributed by atoms with Crippen LogP contribution < -0.4 is 15.8 Å². The number of ether oxygens (including phenoxy) is 1. The van der Waals surface area contributed by atoms with E-state index in [1.807, 2.05) is 0 Å². The van der Waals surface area contributed by atoms with Gasteiger partial charge in [0, 0.05) is 12.1 Å². The molecule has 1 amide bonds. The minimum Gasteiger partial charge on any atom is -0.495 e. The van der Waals surface area contributed by atoms with Crippen LogP contribution in [0.2, 0.25) is 5.02 Å². The second-order valence-electron chi connectivity index (χ2n) is 4.30. The first-order valence-electron chi connectivity index (χ1n) is 6.11. The molecule has 0 bridgehead atoms. The van der Waals surface area contributed by atoms with E-state index in [0.29, 0.717) is 0 Å². The van der Waals surface area contributed by atoms with Gasteiger partial charge in [-0.2, -0.15) is 0 Å². The Morgan fingerprint density at radius 3 is 2.64 bits per heavy atom. The Morgan fingerprint density at radius 2 is 2.05 bits per heavy atom. The van der Waals surface area contributed by atoms with Crippen LogP contribution in [-0.4, -0.2) is 17.9 Å². The molecule has 0 unspecified atom stereocenters. The number of methoxy groups -OCH3 is 1. The first-order valence-corrected chi connectivity index (χ1v) is 6.49. The molecule has 0 aliphatic heterocycles. The summed E-state index contributed by atoms with van der Waals surface area (Å²) in [4.78, 5) is 22.7. The molecule has 22 heavy (non-hydrogen) atoms. The monoisotopic (exact) mass is 321 g/mol. The fourth-order valence-corrected chi connectivity index (χ4v) is 2.07. The largest absolute Gasteiger partial charge is 0.495 e. The highest BCUT2D eigenvalue weighted by Gasteiger charge is 2.20. The van der Waals surface area contributed by atoms with Crippen molar-refractivity contribution < 1.29 is 14.5 Å². The number of halogens is 1. The van der Waals surface area contributed by atoms with E-state index in [1.54, 1.807) is 18.2 Å². The minimum absolute atomic E-state index is 0.0269. The number of rotatable bonds is 4. The zero-order chi connectivity index (χ0) is 16.3. The number of nitro groups is 1. The molecule has 0 fully saturated rings. The van der Waals surface area contributed by atoms with Gasteiger partial charge >= 0.3 is 0 Å². The van der Waals surface area contributed by atoms with Crippen molar-refractivity contribution in [2.45, 2.75) is 0 Å². The molecular weight excluding hydrogens is 310 g/mol. The van der Waals surface area contributed by atoms with Gasteiger partial charge in [0.2, 0.25) is 0 Å². The third-order valence-corrected chi connectivity index (χ3v) is 3.24. The smallest absolute Gasteiger partial charge is 0.295 e. The van der Waals surface area contributed by atoms with Crippen LogP contribution in [0, 0.1) is 10.1 Å². The molecule has 0 aliphatic carbocycles. The number of nitrogens with zero attached hydrogens (tertiary/aromatic N) is 1. The number of amides is 1. The average molecular weight is 322 g/mol. The second-order valence-corrected chi connectivity index (χ2v) is 4.71. The third-order valence-electron chi connectivity index (χ3n) is 2.91. The Bertz CT molecular complexity index is 749. The lowest BCUT2D eigenvalue weighted by molar-refractivity contribution is -0.383. The quantitative estimate of drug-likeness (QED) is 0.511. The first kappa shape index (κ1) is 15.6. The summed E-state index contributed by atoms with van der Waals surface area (Å²) in [7, 11) is 1.37. The highest BCUT2D eigenvalue weighted by Crippen LogP contribution is 2.34. The molecule has 3 N–H and O–H groups in total. The van der Waals surface area contributed by atoms with Crippen molar-refractivity contribution >= 4 is 34.6 Å². The molecule has 2 aromatic rings. The van der Waals surface area contributed by atoms with Gasteiger partial charge in [0.25, 0.3) is 11.6 Å². The van der Waals surface area contributed by atoms with Crippen LogP contribution in [0.5, 0.6) is 5.75 Å². The van der Waals surface area contributed by atoms with E-state index < -0.39 is 10.8 Å². The first-order chi connectivity index (χ1) is 10.4. The Morgan fingerprint density at radius 1 is 1.36 bits per heavy atom. The van der Waals surface area contributed by atoms with Gasteiger partial charge in [-0.3, -0.25) is 14.9 Å². The summed E-state index contributed by atoms with van der Waals surface area (Å²) >= 11 is 5.93. The van der Waals surface area contributed by atoms with E-state index in [4.69, 9.17) is 22.1 Å². The number of hydrogen-bond acceptors (Lipinski definition) is 5. The molecule has 2 aromatic carbocycles. The van der Waals surface area contributed by atoms with E-state index in [9.17, 15) is 14.9 Å². The molecule has 2 rings (SSSR count). The number of anilines is 2. The number of carbonyl (C=O) groups excluding carboxylic acids is 1. The van der Waals surface area contributed by atoms with E-state index in [-0.39, 0.29) is 33.4 Å². The van der Waals surface area contributed by atoms with E-state index >= 15 is 0 Å². The van der Waals surface area contributed by atoms with E-state index in [0.717, 1.165) is 6.07 Å². The zero-order valence-corrected chi connectivity index (χ0v) is 12.3. The van der Waals surface area contributed by atoms with Crippen molar-refractivity contribution in [1.82, 2.24) is 0 Å². The minimum atomic E-state index is -0.641. The summed E-state index contributed by atoms with van der Waals surface area (Å²) < 4.78 is 5.01. The predicted molar refractivity (Wildman–Crippen MR) is 83.5 cm³/mol. The lowest BCUT2D eigenvalue weighted by atomic mass is 10.2. The van der Waals surface area contributed by atoms with Gasteiger partial charge in [0.15, 0.2) is 0 Å². The molecule has 0 atom stereocenters. The third kappa shape index (κ3) is 3.09. The van der Waals surface area contributed by atoms with Crippen molar-refractivity contribution in [3.05, 3.63) is 57.1 Å². The number of nitrogens with two attached hydrogens (primary N) is 1. The highest BCUT2D eigenvalue weighted by molar-refractivity contribution is 6.34. The van der Waals surface area contributed by atoms with Crippen LogP contribution in [0.1, 0.15) is 10.4 Å². The number of carbonyl (C=O) groups is 1. The molecule has 0 radical (unpaired) electrons. The molecule has 0 aromatic heterocycles. The Hall–Kier alpha value is -2.80. The van der Waals surface area contributed by atoms with Crippen molar-refractivity contribution in [3.8, 4) is 5.75 Å². The summed E-state index contributed by atoms with van der Waals surface area (Å²) in [6.45, 7) is 0. The molecule has 114 valence electrons. The van der Waals surface area contributed by atoms with Gasteiger partial charge in [-0.05, 0) is 12.1 Å². The van der Waals surface area contributed by atoms with E-state index in [1.165, 1.54) is 19.2 Å². The van der Waals surface area contributed by atoms with Crippen molar-refractivity contribution in [2.75, 3.05) is 18.2 Å². The standard InChI is InChI=1S/C14H12ClN3O4/c1-22-13-7-11(12(18(20)21)6-10(13)16)17-14(19)8-4-2-3-5-9(8)15/h2-7H,16H2,1H3,(H,17,19). The van der Waals surface area contributed by atoms with Crippen molar-refractivity contribution in [2.24, 2.45) is 0 Å². The molecule has 0 spiro atoms. The molecule has 8 heteroatoms. The normalized spacial score (nSPS) is 10.1. The van der Waals surface area contributed by atoms with Crippen molar-refractivity contribution in [3.63, 3.8) is 0 Å². The second kappa shape index (κ2) is 6.31. The zero-order valence-electron chi connectivity index (χ0n) is 11.5. The van der Waals surface area contributed by atoms with E-state index in [2.05, 4.69) is 5.32 Å². The summed E-state index contributed by atoms with van der Waals surface area (Å²) in [5.74, 6) is -0.347. The molecule has 0 aliphatic rings. The summed E-state index contributed by atoms with van der Waals surface area (Å²) in [5, 5.41) is 13.8. The number of nitrogen functional groups attached to an aromatic ring is 1. The Labute approximate surface area is 130 Å². The highest BCUT2D eigenvalue weighted by atomic mass is 35.5. The topological polar surface area (TPSA) is 107 Å². The SMILES string of the molecule is COc1cc(NC(=O)c2ccccc2Cl)c([N+](=O)[O-])cc1N. The van der Waals surface area contributed by atoms with Crippen LogP contribution in [0.4, 0.5) is 17.1 Å². The van der Waals surface area contributed by atoms with Crippen LogP contribution in [0.15, 0.2) is 36.4 Å². The van der Waals surface area contributed by atoms with Crippen LogP contribution in [0.25, 0.3) is 0 Å². The van der Waals surface area contributed by atoms with Gasteiger partial charge in [-0.15, -0.1) is 0 Å². The summed E-state index contributed by atoms with van der Waals surface area (Å²) in [6.07, 6.45) is 0. The Balaban J connectivity index is 2.42. The van der Waals surface area contributed by atoms with Crippen LogP contribution >= 0.6 is 11.6 Å². The number of benzene rings is 2. The van der Waals surface area contributed by atoms with Gasteiger partial charge in [-0.1, -0.05) is 23.7 Å². The maximum absolute atomic E-state index is 12.2. The Kier molecular flexibility index (Phi) is 4.47. The van der Waals surface area contributed by atoms with Gasteiger partial charge < -0.3 is 15.8 Å². The van der Waals surface area contributed by atoms with Gasteiger partial charge in [0.1, 0.15) is 11.4 Å². The molecule has 0 heterocycles. The predicted octanol–water partition coefficient (Wildman–Crippen LogP) is 3.09. The number of nitrogens with one attached hydrogen (secondary N) is 1. The van der Waals surface area contributed by atoms with Gasteiger partial charge in [-0.25, -0.2) is 0 Å². The summed E-state index contributed by atoms with van der Waals surface area (Å²) in [6, 6.07) is 8.79. The molecular formula is C14H12ClN3O4. The maximum Gasteiger partial charge on any atom is 0.295 e.